The highest BCUT2D eigenvalue weighted by molar-refractivity contribution is 5.74. The van der Waals surface area contributed by atoms with Crippen molar-refractivity contribution in [3.63, 3.8) is 0 Å². The second-order valence-corrected chi connectivity index (χ2v) is 11.2. The number of carbonyl (C=O) groups excluding carboxylic acids is 1. The zero-order valence-electron chi connectivity index (χ0n) is 25.4. The van der Waals surface area contributed by atoms with E-state index in [1.54, 1.807) is 19.9 Å². The quantitative estimate of drug-likeness (QED) is 0.217. The molecular weight excluding hydrogens is 521 g/mol. The Bertz CT molecular complexity index is 1370. The van der Waals surface area contributed by atoms with Gasteiger partial charge in [0.15, 0.2) is 0 Å². The molecule has 0 amide bonds. The van der Waals surface area contributed by atoms with E-state index in [0.717, 1.165) is 46.2 Å². The molecule has 2 atom stereocenters. The Labute approximate surface area is 243 Å². The number of hydrogen-bond acceptors (Lipinski definition) is 2. The molecule has 0 aliphatic heterocycles. The van der Waals surface area contributed by atoms with Gasteiger partial charge in [-0.2, -0.15) is 13.2 Å². The van der Waals surface area contributed by atoms with Gasteiger partial charge in [-0.05, 0) is 77.1 Å². The largest absolute Gasteiger partial charge is 0.469 e. The van der Waals surface area contributed by atoms with E-state index >= 15 is 0 Å². The smallest absolute Gasteiger partial charge is 0.395 e. The summed E-state index contributed by atoms with van der Waals surface area (Å²) in [6.07, 6.45) is 1.17. The molecule has 0 aliphatic rings. The van der Waals surface area contributed by atoms with Gasteiger partial charge in [0, 0.05) is 5.41 Å². The van der Waals surface area contributed by atoms with Gasteiger partial charge in [-0.3, -0.25) is 4.79 Å². The molecule has 0 spiro atoms. The minimum absolute atomic E-state index is 0.228. The fraction of sp³-hybridized carbons (Fsp3) is 0.417. The van der Waals surface area contributed by atoms with Gasteiger partial charge in [-0.25, -0.2) is 0 Å². The Hall–Kier alpha value is -3.34. The fourth-order valence-electron chi connectivity index (χ4n) is 5.85. The first-order chi connectivity index (χ1) is 19.4. The van der Waals surface area contributed by atoms with Crippen molar-refractivity contribution in [1.29, 1.82) is 0 Å². The first-order valence-electron chi connectivity index (χ1n) is 14.5. The van der Waals surface area contributed by atoms with Crippen LogP contribution >= 0.6 is 0 Å². The SMILES string of the molecule is CCC(C)C(/C=C/c1ccc(C(CC)(CC)c2ccc(-c3cccc(CC(=O)OC)c3)c(C)c2)cc1C)C(F)(F)F. The van der Waals surface area contributed by atoms with Crippen molar-refractivity contribution in [2.75, 3.05) is 7.11 Å². The lowest BCUT2D eigenvalue weighted by Gasteiger charge is -2.34. The average molecular weight is 565 g/mol. The van der Waals surface area contributed by atoms with E-state index in [1.807, 2.05) is 31.2 Å². The minimum Gasteiger partial charge on any atom is -0.469 e. The zero-order valence-corrected chi connectivity index (χ0v) is 25.4. The highest BCUT2D eigenvalue weighted by Crippen LogP contribution is 2.41. The van der Waals surface area contributed by atoms with Gasteiger partial charge in [0.25, 0.3) is 0 Å². The fourth-order valence-corrected chi connectivity index (χ4v) is 5.85. The zero-order chi connectivity index (χ0) is 30.4. The number of benzene rings is 3. The van der Waals surface area contributed by atoms with Crippen LogP contribution in [0, 0.1) is 25.7 Å². The summed E-state index contributed by atoms with van der Waals surface area (Å²) >= 11 is 0. The molecule has 41 heavy (non-hydrogen) atoms. The normalized spacial score (nSPS) is 13.8. The molecule has 0 radical (unpaired) electrons. The summed E-state index contributed by atoms with van der Waals surface area (Å²) in [7, 11) is 1.39. The van der Waals surface area contributed by atoms with Crippen LogP contribution in [0.1, 0.15) is 80.3 Å². The van der Waals surface area contributed by atoms with Crippen LogP contribution in [-0.2, 0) is 21.4 Å². The highest BCUT2D eigenvalue weighted by atomic mass is 19.4. The van der Waals surface area contributed by atoms with Crippen LogP contribution in [0.25, 0.3) is 17.2 Å². The standard InChI is InChI=1S/C36H43F3O2/c1-8-24(4)33(36(37,38)39)19-15-28-14-16-30(20-25(28)5)35(9-2,10-3)31-17-18-32(26(6)21-31)29-13-11-12-27(22-29)23-34(40)41-7/h11-22,24,33H,8-10,23H2,1-7H3/b19-15+. The summed E-state index contributed by atoms with van der Waals surface area (Å²) < 4.78 is 45.8. The van der Waals surface area contributed by atoms with Crippen molar-refractivity contribution in [3.05, 3.63) is 100 Å². The van der Waals surface area contributed by atoms with Gasteiger partial charge in [-0.1, -0.05) is 107 Å². The van der Waals surface area contributed by atoms with Crippen molar-refractivity contribution in [3.8, 4) is 11.1 Å². The molecule has 0 fully saturated rings. The number of halogens is 3. The van der Waals surface area contributed by atoms with E-state index in [1.165, 1.54) is 24.3 Å². The van der Waals surface area contributed by atoms with Crippen molar-refractivity contribution in [1.82, 2.24) is 0 Å². The molecule has 0 saturated carbocycles. The molecule has 3 aromatic rings. The van der Waals surface area contributed by atoms with Crippen molar-refractivity contribution in [2.45, 2.75) is 78.8 Å². The number of esters is 1. The molecule has 220 valence electrons. The lowest BCUT2D eigenvalue weighted by atomic mass is 9.69. The van der Waals surface area contributed by atoms with E-state index in [-0.39, 0.29) is 17.8 Å². The first kappa shape index (κ1) is 32.2. The first-order valence-corrected chi connectivity index (χ1v) is 14.5. The van der Waals surface area contributed by atoms with Gasteiger partial charge < -0.3 is 4.74 Å². The van der Waals surface area contributed by atoms with Crippen LogP contribution in [0.4, 0.5) is 13.2 Å². The summed E-state index contributed by atoms with van der Waals surface area (Å²) in [5.41, 5.74) is 8.14. The lowest BCUT2D eigenvalue weighted by Crippen LogP contribution is -2.27. The number of ether oxygens (including phenoxy) is 1. The van der Waals surface area contributed by atoms with Gasteiger partial charge >= 0.3 is 12.1 Å². The number of hydrogen-bond donors (Lipinski definition) is 0. The Morgan fingerprint density at radius 2 is 1.54 bits per heavy atom. The molecule has 0 bridgehead atoms. The van der Waals surface area contributed by atoms with E-state index < -0.39 is 18.0 Å². The number of methoxy groups -OCH3 is 1. The van der Waals surface area contributed by atoms with Crippen molar-refractivity contribution < 1.29 is 22.7 Å². The van der Waals surface area contributed by atoms with Crippen molar-refractivity contribution >= 4 is 12.0 Å². The van der Waals surface area contributed by atoms with Crippen LogP contribution in [0.15, 0.2) is 66.7 Å². The Morgan fingerprint density at radius 1 is 0.902 bits per heavy atom. The Balaban J connectivity index is 1.97. The van der Waals surface area contributed by atoms with E-state index in [2.05, 4.69) is 57.2 Å². The summed E-state index contributed by atoms with van der Waals surface area (Å²) in [5.74, 6) is -2.20. The molecule has 5 heteroatoms. The van der Waals surface area contributed by atoms with Crippen LogP contribution in [0.2, 0.25) is 0 Å². The maximum atomic E-state index is 13.6. The lowest BCUT2D eigenvalue weighted by molar-refractivity contribution is -0.172. The summed E-state index contributed by atoms with van der Waals surface area (Å²) in [6.45, 7) is 11.9. The van der Waals surface area contributed by atoms with Crippen molar-refractivity contribution in [2.24, 2.45) is 11.8 Å². The third-order valence-electron chi connectivity index (χ3n) is 8.74. The van der Waals surface area contributed by atoms with E-state index in [4.69, 9.17) is 4.74 Å². The number of alkyl halides is 3. The van der Waals surface area contributed by atoms with Crippen LogP contribution in [0.5, 0.6) is 0 Å². The minimum atomic E-state index is -4.26. The monoisotopic (exact) mass is 564 g/mol. The molecular formula is C36H43F3O2. The number of allylic oxidation sites excluding steroid dienone is 1. The maximum Gasteiger partial charge on any atom is 0.395 e. The second-order valence-electron chi connectivity index (χ2n) is 11.2. The molecule has 3 aromatic carbocycles. The third-order valence-corrected chi connectivity index (χ3v) is 8.74. The summed E-state index contributed by atoms with van der Waals surface area (Å²) in [5, 5.41) is 0. The Morgan fingerprint density at radius 3 is 2.07 bits per heavy atom. The second kappa shape index (κ2) is 13.5. The van der Waals surface area contributed by atoms with E-state index in [0.29, 0.717) is 6.42 Å². The summed E-state index contributed by atoms with van der Waals surface area (Å²) in [4.78, 5) is 11.8. The number of carbonyl (C=O) groups is 1. The molecule has 0 aliphatic carbocycles. The predicted molar refractivity (Wildman–Crippen MR) is 163 cm³/mol. The molecule has 0 heterocycles. The topological polar surface area (TPSA) is 26.3 Å². The molecule has 0 N–H and O–H groups in total. The van der Waals surface area contributed by atoms with Crippen LogP contribution in [-0.4, -0.2) is 19.3 Å². The van der Waals surface area contributed by atoms with Gasteiger partial charge in [0.05, 0.1) is 19.4 Å². The maximum absolute atomic E-state index is 13.6. The van der Waals surface area contributed by atoms with E-state index in [9.17, 15) is 18.0 Å². The predicted octanol–water partition coefficient (Wildman–Crippen LogP) is 10.0. The molecule has 3 rings (SSSR count). The van der Waals surface area contributed by atoms with Crippen LogP contribution in [0.3, 0.4) is 0 Å². The van der Waals surface area contributed by atoms with Gasteiger partial charge in [0.1, 0.15) is 0 Å². The van der Waals surface area contributed by atoms with Gasteiger partial charge in [-0.15, -0.1) is 0 Å². The average Bonchev–Trinajstić information content (AvgIpc) is 2.94. The molecule has 0 aromatic heterocycles. The van der Waals surface area contributed by atoms with Crippen LogP contribution < -0.4 is 0 Å². The summed E-state index contributed by atoms with van der Waals surface area (Å²) in [6, 6.07) is 20.7. The number of rotatable bonds is 11. The van der Waals surface area contributed by atoms with Gasteiger partial charge in [0.2, 0.25) is 0 Å². The number of aryl methyl sites for hydroxylation is 2. The highest BCUT2D eigenvalue weighted by Gasteiger charge is 2.40. The third kappa shape index (κ3) is 7.30. The molecule has 2 nitrogen and oxygen atoms in total. The molecule has 2 unspecified atom stereocenters. The molecule has 0 saturated heterocycles. The Kier molecular flexibility index (Phi) is 10.6.